The lowest BCUT2D eigenvalue weighted by Crippen LogP contribution is -2.36. The molecule has 2 N–H and O–H groups in total. The van der Waals surface area contributed by atoms with Crippen LogP contribution in [0.4, 0.5) is 4.79 Å². The minimum Gasteiger partial charge on any atom is -0.350 e. The molecule has 0 spiro atoms. The number of rotatable bonds is 2. The van der Waals surface area contributed by atoms with E-state index in [1.54, 1.807) is 0 Å². The maximum absolute atomic E-state index is 10.5. The van der Waals surface area contributed by atoms with E-state index in [1.807, 2.05) is 20.8 Å². The maximum atomic E-state index is 10.5. The zero-order valence-corrected chi connectivity index (χ0v) is 7.00. The molecular weight excluding hydrogens is 146 g/mol. The van der Waals surface area contributed by atoms with Gasteiger partial charge in [0.25, 0.3) is 0 Å². The molecule has 5 heteroatoms. The fourth-order valence-corrected chi connectivity index (χ4v) is 0.596. The standard InChI is InChI=1S/C6H13N3O2/c1-6(2,3)4-9(8-11)5(7)10/h4H2,1-3H3,(H2,7,10). The van der Waals surface area contributed by atoms with E-state index < -0.39 is 6.03 Å². The molecule has 0 unspecified atom stereocenters. The highest BCUT2D eigenvalue weighted by Crippen LogP contribution is 2.14. The summed E-state index contributed by atoms with van der Waals surface area (Å²) < 4.78 is 0. The lowest BCUT2D eigenvalue weighted by molar-refractivity contribution is 0.183. The molecule has 0 bridgehead atoms. The number of primary amides is 1. The summed E-state index contributed by atoms with van der Waals surface area (Å²) in [7, 11) is 0. The van der Waals surface area contributed by atoms with Crippen molar-refractivity contribution in [2.75, 3.05) is 6.54 Å². The predicted molar refractivity (Wildman–Crippen MR) is 41.5 cm³/mol. The van der Waals surface area contributed by atoms with Crippen molar-refractivity contribution in [3.63, 3.8) is 0 Å². The molecule has 0 saturated carbocycles. The number of amides is 2. The molecule has 0 aliphatic rings. The number of hydrogen-bond donors (Lipinski definition) is 1. The fourth-order valence-electron chi connectivity index (χ4n) is 0.596. The maximum Gasteiger partial charge on any atom is 0.337 e. The minimum absolute atomic E-state index is 0.164. The van der Waals surface area contributed by atoms with Gasteiger partial charge in [0, 0.05) is 0 Å². The topological polar surface area (TPSA) is 75.8 Å². The van der Waals surface area contributed by atoms with Gasteiger partial charge in [0.2, 0.25) is 0 Å². The van der Waals surface area contributed by atoms with Gasteiger partial charge in [-0.25, -0.2) is 4.79 Å². The van der Waals surface area contributed by atoms with E-state index in [1.165, 1.54) is 0 Å². The van der Waals surface area contributed by atoms with E-state index in [0.717, 1.165) is 0 Å². The molecule has 0 saturated heterocycles. The van der Waals surface area contributed by atoms with E-state index in [2.05, 4.69) is 5.29 Å². The molecule has 64 valence electrons. The first-order chi connectivity index (χ1) is 4.87. The number of urea groups is 1. The lowest BCUT2D eigenvalue weighted by atomic mass is 9.97. The molecule has 0 aromatic carbocycles. The van der Waals surface area contributed by atoms with Gasteiger partial charge in [-0.05, 0) is 5.41 Å². The van der Waals surface area contributed by atoms with Gasteiger partial charge in [0.05, 0.1) is 11.8 Å². The molecule has 0 aliphatic carbocycles. The Morgan fingerprint density at radius 2 is 2.00 bits per heavy atom. The number of carbonyl (C=O) groups is 1. The van der Waals surface area contributed by atoms with Crippen LogP contribution >= 0.6 is 0 Å². The first kappa shape index (κ1) is 9.87. The molecule has 0 fully saturated rings. The van der Waals surface area contributed by atoms with Crippen molar-refractivity contribution in [3.05, 3.63) is 4.91 Å². The summed E-state index contributed by atoms with van der Waals surface area (Å²) in [5, 5.41) is 3.19. The predicted octanol–water partition coefficient (Wildman–Crippen LogP) is 1.09. The Morgan fingerprint density at radius 3 is 2.09 bits per heavy atom. The Bertz CT molecular complexity index is 162. The monoisotopic (exact) mass is 159 g/mol. The molecule has 0 aliphatic heterocycles. The first-order valence-corrected chi connectivity index (χ1v) is 3.27. The smallest absolute Gasteiger partial charge is 0.337 e. The molecule has 0 heterocycles. The Morgan fingerprint density at radius 1 is 1.55 bits per heavy atom. The van der Waals surface area contributed by atoms with Gasteiger partial charge < -0.3 is 5.73 Å². The summed E-state index contributed by atoms with van der Waals surface area (Å²) in [5.74, 6) is 0. The third kappa shape index (κ3) is 4.30. The number of nitrogens with zero attached hydrogens (tertiary/aromatic N) is 2. The largest absolute Gasteiger partial charge is 0.350 e. The van der Waals surface area contributed by atoms with Crippen molar-refractivity contribution in [1.82, 2.24) is 5.01 Å². The molecule has 5 nitrogen and oxygen atoms in total. The van der Waals surface area contributed by atoms with Crippen LogP contribution in [-0.2, 0) is 0 Å². The summed E-state index contributed by atoms with van der Waals surface area (Å²) >= 11 is 0. The van der Waals surface area contributed by atoms with Crippen LogP contribution in [0.1, 0.15) is 20.8 Å². The second-order valence-electron chi connectivity index (χ2n) is 3.54. The average Bonchev–Trinajstić information content (AvgIpc) is 1.80. The SMILES string of the molecule is CC(C)(C)CN(N=O)C(N)=O. The second-order valence-corrected chi connectivity index (χ2v) is 3.54. The summed E-state index contributed by atoms with van der Waals surface area (Å²) in [6, 6.07) is -0.810. The van der Waals surface area contributed by atoms with Crippen LogP contribution in [0.15, 0.2) is 5.29 Å². The molecule has 11 heavy (non-hydrogen) atoms. The Balaban J connectivity index is 4.10. The van der Waals surface area contributed by atoms with Gasteiger partial charge in [-0.2, -0.15) is 5.01 Å². The lowest BCUT2D eigenvalue weighted by Gasteiger charge is -2.21. The fraction of sp³-hybridized carbons (Fsp3) is 0.833. The molecule has 0 aromatic heterocycles. The third-order valence-electron chi connectivity index (χ3n) is 0.977. The van der Waals surface area contributed by atoms with E-state index in [0.29, 0.717) is 5.01 Å². The molecule has 0 rings (SSSR count). The Hall–Kier alpha value is -1.13. The van der Waals surface area contributed by atoms with Crippen molar-refractivity contribution >= 4 is 6.03 Å². The Labute approximate surface area is 65.5 Å². The van der Waals surface area contributed by atoms with E-state index in [9.17, 15) is 9.70 Å². The number of nitrogens with two attached hydrogens (primary N) is 1. The highest BCUT2D eigenvalue weighted by molar-refractivity contribution is 5.71. The molecule has 2 amide bonds. The third-order valence-corrected chi connectivity index (χ3v) is 0.977. The van der Waals surface area contributed by atoms with Crippen LogP contribution in [0.25, 0.3) is 0 Å². The van der Waals surface area contributed by atoms with Crippen LogP contribution in [0.5, 0.6) is 0 Å². The van der Waals surface area contributed by atoms with Crippen molar-refractivity contribution in [2.45, 2.75) is 20.8 Å². The van der Waals surface area contributed by atoms with Gasteiger partial charge in [0.15, 0.2) is 0 Å². The van der Waals surface area contributed by atoms with Gasteiger partial charge in [-0.3, -0.25) is 0 Å². The summed E-state index contributed by atoms with van der Waals surface area (Å²) in [6.45, 7) is 5.89. The van der Waals surface area contributed by atoms with Gasteiger partial charge in [-0.15, -0.1) is 4.91 Å². The summed E-state index contributed by atoms with van der Waals surface area (Å²) in [4.78, 5) is 20.5. The van der Waals surface area contributed by atoms with Crippen LogP contribution in [0, 0.1) is 10.3 Å². The zero-order chi connectivity index (χ0) is 9.07. The minimum atomic E-state index is -0.810. The number of nitroso groups, excluding NO2 is 1. The van der Waals surface area contributed by atoms with Gasteiger partial charge in [0.1, 0.15) is 0 Å². The van der Waals surface area contributed by atoms with Crippen LogP contribution < -0.4 is 5.73 Å². The molecule has 0 atom stereocenters. The summed E-state index contributed by atoms with van der Waals surface area (Å²) in [5.41, 5.74) is 4.68. The van der Waals surface area contributed by atoms with Crippen molar-refractivity contribution in [1.29, 1.82) is 0 Å². The number of hydrogen-bond acceptors (Lipinski definition) is 3. The summed E-state index contributed by atoms with van der Waals surface area (Å²) in [6.07, 6.45) is 0. The Kier molecular flexibility index (Phi) is 2.98. The molecule has 0 aromatic rings. The van der Waals surface area contributed by atoms with Gasteiger partial charge in [-0.1, -0.05) is 20.8 Å². The second kappa shape index (κ2) is 3.32. The van der Waals surface area contributed by atoms with Crippen LogP contribution in [-0.4, -0.2) is 17.6 Å². The zero-order valence-electron chi connectivity index (χ0n) is 7.00. The average molecular weight is 159 g/mol. The van der Waals surface area contributed by atoms with E-state index in [4.69, 9.17) is 5.73 Å². The highest BCUT2D eigenvalue weighted by Gasteiger charge is 2.19. The van der Waals surface area contributed by atoms with Crippen LogP contribution in [0.2, 0.25) is 0 Å². The normalized spacial score (nSPS) is 10.8. The van der Waals surface area contributed by atoms with E-state index >= 15 is 0 Å². The molecular formula is C6H13N3O2. The number of carbonyl (C=O) groups excluding carboxylic acids is 1. The van der Waals surface area contributed by atoms with Crippen molar-refractivity contribution < 1.29 is 4.79 Å². The quantitative estimate of drug-likeness (QED) is 0.483. The highest BCUT2D eigenvalue weighted by atomic mass is 16.3. The van der Waals surface area contributed by atoms with Gasteiger partial charge >= 0.3 is 6.03 Å². The molecule has 0 radical (unpaired) electrons. The first-order valence-electron chi connectivity index (χ1n) is 3.27. The van der Waals surface area contributed by atoms with Crippen molar-refractivity contribution in [3.8, 4) is 0 Å². The van der Waals surface area contributed by atoms with E-state index in [-0.39, 0.29) is 12.0 Å². The van der Waals surface area contributed by atoms with Crippen LogP contribution in [0.3, 0.4) is 0 Å². The van der Waals surface area contributed by atoms with Crippen molar-refractivity contribution in [2.24, 2.45) is 16.4 Å².